The molecule has 0 aliphatic carbocycles. The molecule has 1 unspecified atom stereocenters. The van der Waals surface area contributed by atoms with E-state index in [9.17, 15) is 14.3 Å². The molecular weight excluding hydrogens is 423 g/mol. The van der Waals surface area contributed by atoms with Crippen LogP contribution in [0.5, 0.6) is 0 Å². The van der Waals surface area contributed by atoms with E-state index in [0.29, 0.717) is 25.4 Å². The molecule has 1 fully saturated rings. The first-order chi connectivity index (χ1) is 16.0. The third-order valence-corrected chi connectivity index (χ3v) is 5.76. The zero-order chi connectivity index (χ0) is 23.2. The Morgan fingerprint density at radius 2 is 1.88 bits per heavy atom. The maximum absolute atomic E-state index is 13.9. The molecule has 8 heteroatoms. The molecule has 1 aromatic heterocycles. The first kappa shape index (κ1) is 23.1. The minimum atomic E-state index is -0.508. The number of hydrogen-bond donors (Lipinski definition) is 2. The van der Waals surface area contributed by atoms with Gasteiger partial charge in [-0.2, -0.15) is 0 Å². The second-order valence-corrected chi connectivity index (χ2v) is 8.48. The van der Waals surface area contributed by atoms with E-state index >= 15 is 0 Å². The highest BCUT2D eigenvalue weighted by atomic mass is 19.1. The van der Waals surface area contributed by atoms with Gasteiger partial charge in [-0.25, -0.2) is 9.37 Å². The second-order valence-electron chi connectivity index (χ2n) is 8.48. The van der Waals surface area contributed by atoms with Gasteiger partial charge in [0.2, 0.25) is 5.89 Å². The maximum Gasteiger partial charge on any atom is 0.277 e. The van der Waals surface area contributed by atoms with Crippen LogP contribution in [-0.4, -0.2) is 64.6 Å². The number of nitrogens with one attached hydrogen (secondary N) is 1. The SMILES string of the molecule is Cc1ccc(F)c(NC(=O)c2coc(CN3CCN(CC(O)Cc4ccccc4)CC3)n2)c1. The molecule has 0 saturated carbocycles. The predicted molar refractivity (Wildman–Crippen MR) is 123 cm³/mol. The van der Waals surface area contributed by atoms with Crippen LogP contribution in [0.25, 0.3) is 0 Å². The van der Waals surface area contributed by atoms with Crippen molar-refractivity contribution in [1.82, 2.24) is 14.8 Å². The van der Waals surface area contributed by atoms with Gasteiger partial charge in [0.05, 0.1) is 18.3 Å². The van der Waals surface area contributed by atoms with Crippen molar-refractivity contribution in [3.8, 4) is 0 Å². The van der Waals surface area contributed by atoms with Crippen LogP contribution in [0.2, 0.25) is 0 Å². The summed E-state index contributed by atoms with van der Waals surface area (Å²) in [5.41, 5.74) is 2.22. The molecule has 1 atom stereocenters. The topological polar surface area (TPSA) is 81.8 Å². The third kappa shape index (κ3) is 6.47. The van der Waals surface area contributed by atoms with Crippen LogP contribution in [0.15, 0.2) is 59.2 Å². The number of carbonyl (C=O) groups is 1. The first-order valence-electron chi connectivity index (χ1n) is 11.1. The molecule has 1 aliphatic rings. The highest BCUT2D eigenvalue weighted by Crippen LogP contribution is 2.17. The molecule has 2 aromatic carbocycles. The Kier molecular flexibility index (Phi) is 7.49. The second kappa shape index (κ2) is 10.7. The molecule has 7 nitrogen and oxygen atoms in total. The molecule has 2 heterocycles. The smallest absolute Gasteiger partial charge is 0.277 e. The quantitative estimate of drug-likeness (QED) is 0.547. The number of hydrogen-bond acceptors (Lipinski definition) is 6. The fourth-order valence-corrected chi connectivity index (χ4v) is 3.98. The van der Waals surface area contributed by atoms with Crippen LogP contribution in [0.1, 0.15) is 27.5 Å². The molecular formula is C25H29FN4O3. The van der Waals surface area contributed by atoms with Crippen molar-refractivity contribution >= 4 is 11.6 Å². The standard InChI is InChI=1S/C25H29FN4O3/c1-18-7-8-21(26)22(13-18)28-25(32)23-17-33-24(27-23)16-30-11-9-29(10-12-30)15-20(31)14-19-5-3-2-4-6-19/h2-8,13,17,20,31H,9-12,14-16H2,1H3,(H,28,32). The van der Waals surface area contributed by atoms with Crippen molar-refractivity contribution in [3.05, 3.63) is 83.3 Å². The van der Waals surface area contributed by atoms with Gasteiger partial charge in [0, 0.05) is 32.7 Å². The lowest BCUT2D eigenvalue weighted by molar-refractivity contribution is 0.0675. The van der Waals surface area contributed by atoms with E-state index in [-0.39, 0.29) is 11.4 Å². The highest BCUT2D eigenvalue weighted by Gasteiger charge is 2.22. The third-order valence-electron chi connectivity index (χ3n) is 5.76. The lowest BCUT2D eigenvalue weighted by Crippen LogP contribution is -2.48. The number of rotatable bonds is 8. The van der Waals surface area contributed by atoms with Gasteiger partial charge in [-0.15, -0.1) is 0 Å². The Balaban J connectivity index is 1.23. The van der Waals surface area contributed by atoms with Crippen LogP contribution in [0.3, 0.4) is 0 Å². The fraction of sp³-hybridized carbons (Fsp3) is 0.360. The van der Waals surface area contributed by atoms with Gasteiger partial charge >= 0.3 is 0 Å². The van der Waals surface area contributed by atoms with E-state index in [1.54, 1.807) is 12.1 Å². The van der Waals surface area contributed by atoms with E-state index in [1.807, 2.05) is 37.3 Å². The molecule has 0 radical (unpaired) electrons. The predicted octanol–water partition coefficient (Wildman–Crippen LogP) is 3.10. The average Bonchev–Trinajstić information content (AvgIpc) is 3.27. The summed E-state index contributed by atoms with van der Waals surface area (Å²) in [4.78, 5) is 21.1. The maximum atomic E-state index is 13.9. The summed E-state index contributed by atoms with van der Waals surface area (Å²) in [6.45, 7) is 6.27. The van der Waals surface area contributed by atoms with Crippen molar-refractivity contribution < 1.29 is 18.7 Å². The van der Waals surface area contributed by atoms with Gasteiger partial charge in [0.25, 0.3) is 5.91 Å². The van der Waals surface area contributed by atoms with Crippen LogP contribution in [0, 0.1) is 12.7 Å². The monoisotopic (exact) mass is 452 g/mol. The summed E-state index contributed by atoms with van der Waals surface area (Å²) < 4.78 is 19.4. The molecule has 33 heavy (non-hydrogen) atoms. The zero-order valence-corrected chi connectivity index (χ0v) is 18.7. The normalized spacial score (nSPS) is 16.0. The van der Waals surface area contributed by atoms with Crippen LogP contribution in [-0.2, 0) is 13.0 Å². The summed E-state index contributed by atoms with van der Waals surface area (Å²) in [5, 5.41) is 13.0. The van der Waals surface area contributed by atoms with Gasteiger partial charge in [0.1, 0.15) is 12.1 Å². The lowest BCUT2D eigenvalue weighted by Gasteiger charge is -2.35. The van der Waals surface area contributed by atoms with E-state index in [1.165, 1.54) is 12.3 Å². The fourth-order valence-electron chi connectivity index (χ4n) is 3.98. The minimum Gasteiger partial charge on any atom is -0.447 e. The van der Waals surface area contributed by atoms with Crippen LogP contribution >= 0.6 is 0 Å². The lowest BCUT2D eigenvalue weighted by atomic mass is 10.1. The average molecular weight is 453 g/mol. The van der Waals surface area contributed by atoms with Gasteiger partial charge < -0.3 is 14.8 Å². The molecule has 174 valence electrons. The summed E-state index contributed by atoms with van der Waals surface area (Å²) >= 11 is 0. The number of amides is 1. The van der Waals surface area contributed by atoms with E-state index in [0.717, 1.165) is 37.3 Å². The number of aliphatic hydroxyl groups excluding tert-OH is 1. The molecule has 2 N–H and O–H groups in total. The Labute approximate surface area is 192 Å². The number of β-amino-alcohol motifs (C(OH)–C–C–N with tert-alkyl or cyclic N) is 1. The van der Waals surface area contributed by atoms with Gasteiger partial charge in [-0.1, -0.05) is 36.4 Å². The summed E-state index contributed by atoms with van der Waals surface area (Å²) in [6.07, 6.45) is 1.55. The van der Waals surface area contributed by atoms with Crippen molar-refractivity contribution in [1.29, 1.82) is 0 Å². The van der Waals surface area contributed by atoms with Crippen molar-refractivity contribution in [2.45, 2.75) is 26.0 Å². The Morgan fingerprint density at radius 3 is 2.64 bits per heavy atom. The van der Waals surface area contributed by atoms with Crippen molar-refractivity contribution in [2.24, 2.45) is 0 Å². The van der Waals surface area contributed by atoms with E-state index in [4.69, 9.17) is 4.42 Å². The highest BCUT2D eigenvalue weighted by molar-refractivity contribution is 6.02. The molecule has 1 saturated heterocycles. The Hall–Kier alpha value is -3.07. The number of benzene rings is 2. The number of aliphatic hydroxyl groups is 1. The Morgan fingerprint density at radius 1 is 1.15 bits per heavy atom. The van der Waals surface area contributed by atoms with E-state index < -0.39 is 17.8 Å². The zero-order valence-electron chi connectivity index (χ0n) is 18.7. The number of carbonyl (C=O) groups excluding carboxylic acids is 1. The van der Waals surface area contributed by atoms with Gasteiger partial charge in [-0.3, -0.25) is 14.6 Å². The Bertz CT molecular complexity index is 1060. The number of nitrogens with zero attached hydrogens (tertiary/aromatic N) is 3. The van der Waals surface area contributed by atoms with Crippen molar-refractivity contribution in [3.63, 3.8) is 0 Å². The summed E-state index contributed by atoms with van der Waals surface area (Å²) in [7, 11) is 0. The molecule has 0 spiro atoms. The van der Waals surface area contributed by atoms with Crippen LogP contribution in [0.4, 0.5) is 10.1 Å². The van der Waals surface area contributed by atoms with Gasteiger partial charge in [0.15, 0.2) is 5.69 Å². The number of oxazole rings is 1. The number of aromatic nitrogens is 1. The number of piperazine rings is 1. The molecule has 1 aliphatic heterocycles. The van der Waals surface area contributed by atoms with Crippen LogP contribution < -0.4 is 5.32 Å². The molecule has 1 amide bonds. The number of anilines is 1. The largest absolute Gasteiger partial charge is 0.447 e. The molecule has 3 aromatic rings. The summed E-state index contributed by atoms with van der Waals surface area (Å²) in [5.74, 6) is -0.557. The first-order valence-corrected chi connectivity index (χ1v) is 11.1. The van der Waals surface area contributed by atoms with E-state index in [2.05, 4.69) is 20.1 Å². The molecule has 4 rings (SSSR count). The summed E-state index contributed by atoms with van der Waals surface area (Å²) in [6, 6.07) is 14.5. The minimum absolute atomic E-state index is 0.119. The van der Waals surface area contributed by atoms with Gasteiger partial charge in [-0.05, 0) is 36.6 Å². The van der Waals surface area contributed by atoms with Crippen molar-refractivity contribution in [2.75, 3.05) is 38.0 Å². The number of aryl methyl sites for hydroxylation is 1. The molecule has 0 bridgehead atoms. The number of halogens is 1.